The van der Waals surface area contributed by atoms with Crippen molar-refractivity contribution in [1.29, 1.82) is 0 Å². The second kappa shape index (κ2) is 7.61. The zero-order valence-electron chi connectivity index (χ0n) is 15.9. The van der Waals surface area contributed by atoms with Gasteiger partial charge < -0.3 is 10.1 Å². The summed E-state index contributed by atoms with van der Waals surface area (Å²) in [6.45, 7) is 10.1. The van der Waals surface area contributed by atoms with Gasteiger partial charge in [-0.15, -0.1) is 0 Å². The normalized spacial score (nSPS) is 18.1. The Kier molecular flexibility index (Phi) is 5.48. The fraction of sp³-hybridized carbons (Fsp3) is 0.571. The smallest absolute Gasteiger partial charge is 0.225 e. The van der Waals surface area contributed by atoms with Crippen LogP contribution in [0.25, 0.3) is 5.57 Å². The van der Waals surface area contributed by atoms with Crippen molar-refractivity contribution in [3.63, 3.8) is 0 Å². The average Bonchev–Trinajstić information content (AvgIpc) is 2.57. The van der Waals surface area contributed by atoms with Crippen molar-refractivity contribution in [3.8, 4) is 5.75 Å². The number of aryl methyl sites for hydroxylation is 1. The van der Waals surface area contributed by atoms with Crippen molar-refractivity contribution >= 4 is 11.5 Å². The number of carbonyl (C=O) groups excluding carboxylic acids is 1. The van der Waals surface area contributed by atoms with E-state index in [0.717, 1.165) is 44.8 Å². The van der Waals surface area contributed by atoms with Gasteiger partial charge in [-0.2, -0.15) is 0 Å². The lowest BCUT2D eigenvalue weighted by molar-refractivity contribution is -0.129. The van der Waals surface area contributed by atoms with E-state index in [1.807, 2.05) is 0 Å². The van der Waals surface area contributed by atoms with Crippen LogP contribution in [0.5, 0.6) is 5.75 Å². The molecule has 4 heteroatoms. The number of amides is 1. The fourth-order valence-corrected chi connectivity index (χ4v) is 3.70. The SMILES string of the molecule is CNC(=O)C1CN(CC2=C(C)c3ccc(OCC(C)C)cc3CC2)C1. The highest BCUT2D eigenvalue weighted by molar-refractivity contribution is 5.79. The van der Waals surface area contributed by atoms with Gasteiger partial charge in [0.05, 0.1) is 12.5 Å². The van der Waals surface area contributed by atoms with E-state index in [0.29, 0.717) is 5.92 Å². The van der Waals surface area contributed by atoms with Gasteiger partial charge in [0, 0.05) is 26.7 Å². The molecule has 0 saturated carbocycles. The third kappa shape index (κ3) is 4.06. The van der Waals surface area contributed by atoms with Gasteiger partial charge in [0.25, 0.3) is 0 Å². The van der Waals surface area contributed by atoms with Crippen LogP contribution in [0, 0.1) is 11.8 Å². The molecule has 0 bridgehead atoms. The van der Waals surface area contributed by atoms with Gasteiger partial charge in [-0.3, -0.25) is 9.69 Å². The molecule has 3 rings (SSSR count). The zero-order chi connectivity index (χ0) is 18.0. The molecule has 2 aliphatic rings. The highest BCUT2D eigenvalue weighted by Gasteiger charge is 2.32. The van der Waals surface area contributed by atoms with Crippen molar-refractivity contribution in [1.82, 2.24) is 10.2 Å². The lowest BCUT2D eigenvalue weighted by Gasteiger charge is -2.39. The van der Waals surface area contributed by atoms with Gasteiger partial charge in [0.2, 0.25) is 5.91 Å². The molecule has 1 aromatic carbocycles. The fourth-order valence-electron chi connectivity index (χ4n) is 3.70. The van der Waals surface area contributed by atoms with Gasteiger partial charge >= 0.3 is 0 Å². The Balaban J connectivity index is 1.64. The van der Waals surface area contributed by atoms with E-state index in [-0.39, 0.29) is 11.8 Å². The second-order valence-corrected chi connectivity index (χ2v) is 7.76. The van der Waals surface area contributed by atoms with Crippen LogP contribution in [0.3, 0.4) is 0 Å². The number of likely N-dealkylation sites (tertiary alicyclic amines) is 1. The van der Waals surface area contributed by atoms with Crippen LogP contribution >= 0.6 is 0 Å². The molecule has 1 heterocycles. The first kappa shape index (κ1) is 18.0. The third-order valence-electron chi connectivity index (χ3n) is 5.28. The predicted octanol–water partition coefficient (Wildman–Crippen LogP) is 3.12. The summed E-state index contributed by atoms with van der Waals surface area (Å²) in [5.41, 5.74) is 5.68. The first-order valence-electron chi connectivity index (χ1n) is 9.36. The van der Waals surface area contributed by atoms with E-state index in [9.17, 15) is 4.79 Å². The molecular formula is C21H30N2O2. The summed E-state index contributed by atoms with van der Waals surface area (Å²) < 4.78 is 5.87. The molecule has 0 atom stereocenters. The summed E-state index contributed by atoms with van der Waals surface area (Å²) in [6.07, 6.45) is 2.18. The molecule has 0 spiro atoms. The van der Waals surface area contributed by atoms with Crippen LogP contribution in [0.2, 0.25) is 0 Å². The Bertz CT molecular complexity index is 672. The van der Waals surface area contributed by atoms with Crippen molar-refractivity contribution in [2.24, 2.45) is 11.8 Å². The zero-order valence-corrected chi connectivity index (χ0v) is 15.9. The van der Waals surface area contributed by atoms with Crippen LogP contribution in [-0.2, 0) is 11.2 Å². The summed E-state index contributed by atoms with van der Waals surface area (Å²) in [4.78, 5) is 14.0. The number of hydrogen-bond acceptors (Lipinski definition) is 3. The van der Waals surface area contributed by atoms with E-state index >= 15 is 0 Å². The summed E-state index contributed by atoms with van der Waals surface area (Å²) >= 11 is 0. The molecule has 136 valence electrons. The molecule has 0 aromatic heterocycles. The minimum absolute atomic E-state index is 0.169. The molecule has 4 nitrogen and oxygen atoms in total. The van der Waals surface area contributed by atoms with Crippen molar-refractivity contribution < 1.29 is 9.53 Å². The van der Waals surface area contributed by atoms with Crippen molar-refractivity contribution in [2.45, 2.75) is 33.6 Å². The lowest BCUT2D eigenvalue weighted by atomic mass is 9.85. The third-order valence-corrected chi connectivity index (χ3v) is 5.28. The molecule has 1 aromatic rings. The van der Waals surface area contributed by atoms with E-state index in [2.05, 4.69) is 49.2 Å². The molecule has 1 aliphatic carbocycles. The van der Waals surface area contributed by atoms with E-state index in [4.69, 9.17) is 4.74 Å². The molecule has 1 aliphatic heterocycles. The molecule has 1 amide bonds. The van der Waals surface area contributed by atoms with E-state index < -0.39 is 0 Å². The van der Waals surface area contributed by atoms with Gasteiger partial charge in [-0.25, -0.2) is 0 Å². The van der Waals surface area contributed by atoms with Crippen LogP contribution in [0.1, 0.15) is 38.3 Å². The summed E-state index contributed by atoms with van der Waals surface area (Å²) in [5.74, 6) is 1.87. The minimum atomic E-state index is 0.169. The number of carbonyl (C=O) groups is 1. The number of hydrogen-bond donors (Lipinski definition) is 1. The van der Waals surface area contributed by atoms with Gasteiger partial charge in [-0.1, -0.05) is 25.5 Å². The van der Waals surface area contributed by atoms with E-state index in [1.54, 1.807) is 7.05 Å². The molecule has 1 fully saturated rings. The molecule has 25 heavy (non-hydrogen) atoms. The highest BCUT2D eigenvalue weighted by Crippen LogP contribution is 2.34. The maximum atomic E-state index is 11.6. The highest BCUT2D eigenvalue weighted by atomic mass is 16.5. The number of ether oxygens (including phenoxy) is 1. The Morgan fingerprint density at radius 3 is 2.76 bits per heavy atom. The van der Waals surface area contributed by atoms with Gasteiger partial charge in [0.1, 0.15) is 5.75 Å². The largest absolute Gasteiger partial charge is 0.493 e. The second-order valence-electron chi connectivity index (χ2n) is 7.76. The van der Waals surface area contributed by atoms with Crippen LogP contribution in [-0.4, -0.2) is 44.1 Å². The maximum Gasteiger partial charge on any atom is 0.225 e. The first-order chi connectivity index (χ1) is 12.0. The summed E-state index contributed by atoms with van der Waals surface area (Å²) in [5, 5.41) is 2.75. The summed E-state index contributed by atoms with van der Waals surface area (Å²) in [6, 6.07) is 6.52. The van der Waals surface area contributed by atoms with Crippen LogP contribution in [0.15, 0.2) is 23.8 Å². The monoisotopic (exact) mass is 342 g/mol. The number of benzene rings is 1. The Labute approximate surface area is 151 Å². The minimum Gasteiger partial charge on any atom is -0.493 e. The quantitative estimate of drug-likeness (QED) is 0.864. The molecule has 1 saturated heterocycles. The van der Waals surface area contributed by atoms with Crippen molar-refractivity contribution in [3.05, 3.63) is 34.9 Å². The van der Waals surface area contributed by atoms with Gasteiger partial charge in [-0.05, 0) is 54.5 Å². The average molecular weight is 342 g/mol. The number of nitrogens with one attached hydrogen (secondary N) is 1. The maximum absolute atomic E-state index is 11.6. The number of allylic oxidation sites excluding steroid dienone is 1. The topological polar surface area (TPSA) is 41.6 Å². The Morgan fingerprint density at radius 2 is 2.08 bits per heavy atom. The Hall–Kier alpha value is -1.81. The molecule has 0 unspecified atom stereocenters. The molecule has 0 radical (unpaired) electrons. The number of nitrogens with zero attached hydrogens (tertiary/aromatic N) is 1. The summed E-state index contributed by atoms with van der Waals surface area (Å²) in [7, 11) is 1.72. The van der Waals surface area contributed by atoms with Crippen LogP contribution in [0.4, 0.5) is 0 Å². The van der Waals surface area contributed by atoms with Crippen molar-refractivity contribution in [2.75, 3.05) is 33.3 Å². The molecule has 1 N–H and O–H groups in total. The van der Waals surface area contributed by atoms with Crippen LogP contribution < -0.4 is 10.1 Å². The molecular weight excluding hydrogens is 312 g/mol. The Morgan fingerprint density at radius 1 is 1.32 bits per heavy atom. The number of rotatable bonds is 6. The predicted molar refractivity (Wildman–Crippen MR) is 102 cm³/mol. The standard InChI is InChI=1S/C21H30N2O2/c1-14(2)13-25-19-7-8-20-15(3)17(6-5-16(20)9-19)10-23-11-18(12-23)21(24)22-4/h7-9,14,18H,5-6,10-13H2,1-4H3,(H,22,24). The number of fused-ring (bicyclic) bond motifs is 1. The first-order valence-corrected chi connectivity index (χ1v) is 9.36. The van der Waals surface area contributed by atoms with Gasteiger partial charge in [0.15, 0.2) is 0 Å². The lowest BCUT2D eigenvalue weighted by Crippen LogP contribution is -2.53. The van der Waals surface area contributed by atoms with E-state index in [1.165, 1.54) is 22.3 Å².